The van der Waals surface area contributed by atoms with E-state index in [0.717, 1.165) is 5.56 Å². The minimum atomic E-state index is -0.619. The molecule has 29 heavy (non-hydrogen) atoms. The molecule has 0 radical (unpaired) electrons. The van der Waals surface area contributed by atoms with E-state index < -0.39 is 17.9 Å². The largest absolute Gasteiger partial charge is 0.469 e. The minimum absolute atomic E-state index is 0.0107. The lowest BCUT2D eigenvalue weighted by Gasteiger charge is -2.23. The van der Waals surface area contributed by atoms with Gasteiger partial charge in [0.05, 0.1) is 25.3 Å². The Bertz CT molecular complexity index is 738. The summed E-state index contributed by atoms with van der Waals surface area (Å²) in [5.41, 5.74) is 1.02. The van der Waals surface area contributed by atoms with Crippen molar-refractivity contribution >= 4 is 17.7 Å². The van der Waals surface area contributed by atoms with Crippen LogP contribution >= 0.6 is 0 Å². The summed E-state index contributed by atoms with van der Waals surface area (Å²) in [6, 6.07) is 6.92. The Morgan fingerprint density at radius 3 is 2.52 bits per heavy atom. The molecule has 0 aromatic heterocycles. The number of Topliss-reactive ketones (excluding diaryl/α,β-unsaturated/α-hetero) is 1. The maximum absolute atomic E-state index is 12.9. The van der Waals surface area contributed by atoms with Crippen molar-refractivity contribution in [1.82, 2.24) is 5.32 Å². The number of esters is 1. The van der Waals surface area contributed by atoms with Gasteiger partial charge in [-0.1, -0.05) is 32.9 Å². The summed E-state index contributed by atoms with van der Waals surface area (Å²) < 4.78 is 10.4. The quantitative estimate of drug-likeness (QED) is 0.785. The highest BCUT2D eigenvalue weighted by Gasteiger charge is 2.29. The lowest BCUT2D eigenvalue weighted by molar-refractivity contribution is -0.147. The van der Waals surface area contributed by atoms with E-state index in [0.29, 0.717) is 25.0 Å². The number of carbonyl (C=O) groups excluding carboxylic acids is 3. The Kier molecular flexibility index (Phi) is 8.43. The van der Waals surface area contributed by atoms with E-state index in [1.807, 2.05) is 45.0 Å². The number of ketones is 1. The van der Waals surface area contributed by atoms with Crippen molar-refractivity contribution in [2.24, 2.45) is 17.8 Å². The smallest absolute Gasteiger partial charge is 0.309 e. The van der Waals surface area contributed by atoms with E-state index in [-0.39, 0.29) is 29.9 Å². The summed E-state index contributed by atoms with van der Waals surface area (Å²) in [4.78, 5) is 37.8. The maximum Gasteiger partial charge on any atom is 0.309 e. The van der Waals surface area contributed by atoms with Gasteiger partial charge in [-0.15, -0.1) is 0 Å². The van der Waals surface area contributed by atoms with Gasteiger partial charge in [0.2, 0.25) is 5.91 Å². The zero-order valence-corrected chi connectivity index (χ0v) is 17.6. The van der Waals surface area contributed by atoms with Gasteiger partial charge in [-0.05, 0) is 49.0 Å². The fourth-order valence-electron chi connectivity index (χ4n) is 3.37. The number of allylic oxidation sites excluding steroid dienone is 1. The number of amides is 1. The van der Waals surface area contributed by atoms with Gasteiger partial charge in [0.25, 0.3) is 0 Å². The molecule has 1 aromatic carbocycles. The number of hydrogen-bond acceptors (Lipinski definition) is 5. The molecule has 158 valence electrons. The van der Waals surface area contributed by atoms with E-state index in [2.05, 4.69) is 5.32 Å². The van der Waals surface area contributed by atoms with Crippen LogP contribution in [0.4, 0.5) is 0 Å². The number of carbonyl (C=O) groups is 3. The first kappa shape index (κ1) is 22.7. The van der Waals surface area contributed by atoms with Gasteiger partial charge in [-0.3, -0.25) is 14.4 Å². The normalized spacial score (nSPS) is 23.6. The van der Waals surface area contributed by atoms with Crippen LogP contribution in [0.15, 0.2) is 36.6 Å². The zero-order chi connectivity index (χ0) is 21.4. The fourth-order valence-corrected chi connectivity index (χ4v) is 3.37. The molecule has 0 saturated carbocycles. The lowest BCUT2D eigenvalue weighted by atomic mass is 9.91. The van der Waals surface area contributed by atoms with Crippen LogP contribution in [-0.4, -0.2) is 30.8 Å². The van der Waals surface area contributed by atoms with Crippen molar-refractivity contribution in [3.8, 4) is 5.75 Å². The van der Waals surface area contributed by atoms with Gasteiger partial charge >= 0.3 is 5.97 Å². The van der Waals surface area contributed by atoms with Crippen molar-refractivity contribution < 1.29 is 23.9 Å². The third-order valence-electron chi connectivity index (χ3n) is 5.03. The Hall–Kier alpha value is -2.63. The summed E-state index contributed by atoms with van der Waals surface area (Å²) in [6.45, 7) is 5.85. The highest BCUT2D eigenvalue weighted by molar-refractivity contribution is 5.92. The molecule has 6 nitrogen and oxygen atoms in total. The molecule has 3 rings (SSSR count). The van der Waals surface area contributed by atoms with Crippen LogP contribution in [0.2, 0.25) is 0 Å². The van der Waals surface area contributed by atoms with Crippen molar-refractivity contribution in [1.29, 1.82) is 0 Å². The van der Waals surface area contributed by atoms with E-state index in [1.54, 1.807) is 6.08 Å². The molecule has 0 unspecified atom stereocenters. The monoisotopic (exact) mass is 401 g/mol. The Morgan fingerprint density at radius 2 is 1.90 bits per heavy atom. The van der Waals surface area contributed by atoms with Crippen molar-refractivity contribution in [2.75, 3.05) is 7.11 Å². The van der Waals surface area contributed by atoms with Crippen LogP contribution in [0.25, 0.3) is 0 Å². The third kappa shape index (κ3) is 7.04. The first-order valence-electron chi connectivity index (χ1n) is 10.1. The van der Waals surface area contributed by atoms with E-state index in [1.165, 1.54) is 13.4 Å². The van der Waals surface area contributed by atoms with Gasteiger partial charge in [-0.2, -0.15) is 0 Å². The Balaban J connectivity index is 2.30. The van der Waals surface area contributed by atoms with Gasteiger partial charge in [-0.25, -0.2) is 0 Å². The Morgan fingerprint density at radius 1 is 1.21 bits per heavy atom. The average Bonchev–Trinajstić information content (AvgIpc) is 2.69. The van der Waals surface area contributed by atoms with Crippen LogP contribution in [-0.2, 0) is 25.5 Å². The molecule has 2 aliphatic heterocycles. The number of benzene rings is 1. The molecular formula is C23H31NO5. The molecule has 0 aliphatic carbocycles. The number of rotatable bonds is 3. The number of ether oxygens (including phenoxy) is 2. The summed E-state index contributed by atoms with van der Waals surface area (Å²) in [7, 11) is 1.31. The molecule has 2 bridgehead atoms. The molecule has 2 aliphatic rings. The molecule has 0 spiro atoms. The zero-order valence-electron chi connectivity index (χ0n) is 17.6. The summed E-state index contributed by atoms with van der Waals surface area (Å²) in [5.74, 6) is -0.777. The molecule has 1 N–H and O–H groups in total. The molecule has 3 atom stereocenters. The van der Waals surface area contributed by atoms with Gasteiger partial charge < -0.3 is 14.8 Å². The molecule has 0 fully saturated rings. The molecule has 1 amide bonds. The summed E-state index contributed by atoms with van der Waals surface area (Å²) in [6.07, 6.45) is 4.66. The van der Waals surface area contributed by atoms with E-state index in [4.69, 9.17) is 9.47 Å². The predicted molar refractivity (Wildman–Crippen MR) is 110 cm³/mol. The van der Waals surface area contributed by atoms with E-state index >= 15 is 0 Å². The van der Waals surface area contributed by atoms with Crippen LogP contribution in [0.5, 0.6) is 5.75 Å². The van der Waals surface area contributed by atoms with Crippen LogP contribution < -0.4 is 10.1 Å². The topological polar surface area (TPSA) is 81.7 Å². The second kappa shape index (κ2) is 10.8. The van der Waals surface area contributed by atoms with Crippen LogP contribution in [0.3, 0.4) is 0 Å². The number of hydrogen-bond donors (Lipinski definition) is 1. The van der Waals surface area contributed by atoms with Gasteiger partial charge in [0.1, 0.15) is 5.75 Å². The first-order chi connectivity index (χ1) is 13.8. The Labute approximate surface area is 172 Å². The van der Waals surface area contributed by atoms with E-state index in [9.17, 15) is 14.4 Å². The summed E-state index contributed by atoms with van der Waals surface area (Å²) >= 11 is 0. The average molecular weight is 402 g/mol. The third-order valence-corrected chi connectivity index (χ3v) is 5.03. The molecule has 0 saturated heterocycles. The maximum atomic E-state index is 12.9. The standard InChI is InChI=1S/C23H31NO5/c1-15(2)12-20-21(25)14-18(23(27)28-4)6-5-11-29-19-9-7-17(8-10-19)13-16(3)22(26)24-20/h5,7-11,15-16,18,20H,6,12-14H2,1-4H3,(H,24,26)/t16-,18+,20-/m0/s1. The lowest BCUT2D eigenvalue weighted by Crippen LogP contribution is -2.45. The molecule has 1 aromatic rings. The van der Waals surface area contributed by atoms with Crippen LogP contribution in [0.1, 0.15) is 45.6 Å². The van der Waals surface area contributed by atoms with Gasteiger partial charge in [0.15, 0.2) is 5.78 Å². The molecule has 6 heteroatoms. The SMILES string of the molecule is COC(=O)[C@@H]1CC=COc2ccc(cc2)C[C@H](C)C(=O)N[C@@H](CC(C)C)C(=O)C1. The minimum Gasteiger partial charge on any atom is -0.469 e. The van der Waals surface area contributed by atoms with Crippen LogP contribution in [0, 0.1) is 17.8 Å². The fraction of sp³-hybridized carbons (Fsp3) is 0.522. The second-order valence-corrected chi connectivity index (χ2v) is 8.06. The second-order valence-electron chi connectivity index (χ2n) is 8.06. The molecular weight excluding hydrogens is 370 g/mol. The van der Waals surface area contributed by atoms with Crippen molar-refractivity contribution in [3.63, 3.8) is 0 Å². The number of fused-ring (bicyclic) bond motifs is 12. The van der Waals surface area contributed by atoms with Crippen molar-refractivity contribution in [3.05, 3.63) is 42.2 Å². The molecule has 2 heterocycles. The number of nitrogens with one attached hydrogen (secondary N) is 1. The number of methoxy groups -OCH3 is 1. The highest BCUT2D eigenvalue weighted by atomic mass is 16.5. The summed E-state index contributed by atoms with van der Waals surface area (Å²) in [5, 5.41) is 2.91. The highest BCUT2D eigenvalue weighted by Crippen LogP contribution is 2.20. The van der Waals surface area contributed by atoms with Crippen molar-refractivity contribution in [2.45, 2.75) is 52.5 Å². The van der Waals surface area contributed by atoms with Gasteiger partial charge in [0, 0.05) is 12.3 Å². The predicted octanol–water partition coefficient (Wildman–Crippen LogP) is 3.44. The first-order valence-corrected chi connectivity index (χ1v) is 10.1.